The molecule has 3 aromatic rings. The SMILES string of the molecule is COc1ccc([C@@H]2[C@H](CC[C@@H](O)c3ccccc3)C(=O)N2c2ccc(OC)cc2)cc1. The number of carbonyl (C=O) groups is 1. The van der Waals surface area contributed by atoms with Crippen molar-refractivity contribution in [1.82, 2.24) is 0 Å². The van der Waals surface area contributed by atoms with Gasteiger partial charge in [-0.3, -0.25) is 4.79 Å². The van der Waals surface area contributed by atoms with E-state index in [0.29, 0.717) is 12.8 Å². The van der Waals surface area contributed by atoms with E-state index in [1.165, 1.54) is 0 Å². The summed E-state index contributed by atoms with van der Waals surface area (Å²) in [6.45, 7) is 0. The number of β-lactam (4-membered cyclic amide) rings is 1. The van der Waals surface area contributed by atoms with Crippen LogP contribution in [0.1, 0.15) is 36.1 Å². The van der Waals surface area contributed by atoms with Crippen molar-refractivity contribution in [2.24, 2.45) is 5.92 Å². The number of nitrogens with zero attached hydrogens (tertiary/aromatic N) is 1. The first-order valence-corrected chi connectivity index (χ1v) is 10.5. The molecule has 3 atom stereocenters. The van der Waals surface area contributed by atoms with Crippen molar-refractivity contribution in [1.29, 1.82) is 0 Å². The van der Waals surface area contributed by atoms with E-state index in [2.05, 4.69) is 0 Å². The van der Waals surface area contributed by atoms with E-state index in [1.807, 2.05) is 83.8 Å². The molecule has 1 heterocycles. The number of amides is 1. The summed E-state index contributed by atoms with van der Waals surface area (Å²) in [5, 5.41) is 10.6. The zero-order valence-electron chi connectivity index (χ0n) is 17.8. The molecular weight excluding hydrogens is 390 g/mol. The summed E-state index contributed by atoms with van der Waals surface area (Å²) < 4.78 is 10.5. The lowest BCUT2D eigenvalue weighted by Gasteiger charge is -2.48. The van der Waals surface area contributed by atoms with Crippen LogP contribution in [0.5, 0.6) is 11.5 Å². The van der Waals surface area contributed by atoms with Gasteiger partial charge in [-0.2, -0.15) is 0 Å². The van der Waals surface area contributed by atoms with Crippen molar-refractivity contribution < 1.29 is 19.4 Å². The van der Waals surface area contributed by atoms with Gasteiger partial charge in [0, 0.05) is 5.69 Å². The van der Waals surface area contributed by atoms with Gasteiger partial charge in [0.15, 0.2) is 0 Å². The van der Waals surface area contributed by atoms with Crippen molar-refractivity contribution >= 4 is 11.6 Å². The van der Waals surface area contributed by atoms with Gasteiger partial charge in [0.2, 0.25) is 5.91 Å². The van der Waals surface area contributed by atoms with Gasteiger partial charge in [-0.25, -0.2) is 0 Å². The first-order valence-electron chi connectivity index (χ1n) is 10.5. The highest BCUT2D eigenvalue weighted by atomic mass is 16.5. The molecule has 4 rings (SSSR count). The molecule has 0 aromatic heterocycles. The number of aliphatic hydroxyl groups is 1. The number of benzene rings is 3. The maximum absolute atomic E-state index is 13.2. The van der Waals surface area contributed by atoms with Crippen LogP contribution in [0.2, 0.25) is 0 Å². The van der Waals surface area contributed by atoms with Crippen molar-refractivity contribution in [2.45, 2.75) is 25.0 Å². The molecule has 0 spiro atoms. The summed E-state index contributed by atoms with van der Waals surface area (Å²) in [6, 6.07) is 24.9. The van der Waals surface area contributed by atoms with Crippen molar-refractivity contribution in [3.05, 3.63) is 90.0 Å². The Hall–Kier alpha value is -3.31. The average Bonchev–Trinajstić information content (AvgIpc) is 2.83. The minimum atomic E-state index is -0.583. The quantitative estimate of drug-likeness (QED) is 0.529. The Labute approximate surface area is 182 Å². The Morgan fingerprint density at radius 3 is 2.03 bits per heavy atom. The third kappa shape index (κ3) is 4.28. The fourth-order valence-electron chi connectivity index (χ4n) is 4.22. The maximum Gasteiger partial charge on any atom is 0.233 e. The predicted octanol–water partition coefficient (Wildman–Crippen LogP) is 4.92. The average molecular weight is 418 g/mol. The van der Waals surface area contributed by atoms with Crippen molar-refractivity contribution in [2.75, 3.05) is 19.1 Å². The Kier molecular flexibility index (Phi) is 6.23. The third-order valence-corrected chi connectivity index (χ3v) is 5.96. The van der Waals surface area contributed by atoms with E-state index >= 15 is 0 Å². The zero-order chi connectivity index (χ0) is 21.8. The number of anilines is 1. The molecule has 1 saturated heterocycles. The molecule has 1 N–H and O–H groups in total. The molecule has 31 heavy (non-hydrogen) atoms. The zero-order valence-corrected chi connectivity index (χ0v) is 17.8. The fraction of sp³-hybridized carbons (Fsp3) is 0.269. The second-order valence-electron chi connectivity index (χ2n) is 7.73. The predicted molar refractivity (Wildman–Crippen MR) is 120 cm³/mol. The first kappa shape index (κ1) is 20.9. The van der Waals surface area contributed by atoms with Crippen LogP contribution < -0.4 is 14.4 Å². The van der Waals surface area contributed by atoms with Gasteiger partial charge in [-0.15, -0.1) is 0 Å². The maximum atomic E-state index is 13.2. The van der Waals surface area contributed by atoms with E-state index in [0.717, 1.165) is 28.3 Å². The molecule has 0 saturated carbocycles. The van der Waals surface area contributed by atoms with Crippen LogP contribution in [0, 0.1) is 5.92 Å². The van der Waals surface area contributed by atoms with Crippen LogP contribution >= 0.6 is 0 Å². The number of carbonyl (C=O) groups excluding carboxylic acids is 1. The molecular formula is C26H27NO4. The summed E-state index contributed by atoms with van der Waals surface area (Å²) in [6.07, 6.45) is 0.558. The van der Waals surface area contributed by atoms with Gasteiger partial charge >= 0.3 is 0 Å². The molecule has 5 heteroatoms. The third-order valence-electron chi connectivity index (χ3n) is 5.96. The molecule has 160 valence electrons. The molecule has 1 fully saturated rings. The summed E-state index contributed by atoms with van der Waals surface area (Å²) in [7, 11) is 3.26. The number of hydrogen-bond acceptors (Lipinski definition) is 4. The van der Waals surface area contributed by atoms with E-state index in [4.69, 9.17) is 9.47 Å². The van der Waals surface area contributed by atoms with Crippen LogP contribution in [-0.2, 0) is 4.79 Å². The molecule has 1 aliphatic rings. The second-order valence-corrected chi connectivity index (χ2v) is 7.73. The summed E-state index contributed by atoms with van der Waals surface area (Å²) in [5.74, 6) is 1.42. The standard InChI is InChI=1S/C26H27NO4/c1-30-21-12-8-19(9-13-21)25-23(16-17-24(28)18-6-4-3-5-7-18)26(29)27(25)20-10-14-22(31-2)15-11-20/h3-15,23-25,28H,16-17H2,1-2H3/t23-,24+,25+/m0/s1. The lowest BCUT2D eigenvalue weighted by atomic mass is 9.78. The molecule has 5 nitrogen and oxygen atoms in total. The monoisotopic (exact) mass is 417 g/mol. The summed E-state index contributed by atoms with van der Waals surface area (Å²) >= 11 is 0. The highest BCUT2D eigenvalue weighted by Crippen LogP contribution is 2.46. The first-order chi connectivity index (χ1) is 15.1. The van der Waals surface area contributed by atoms with E-state index < -0.39 is 6.10 Å². The minimum Gasteiger partial charge on any atom is -0.497 e. The van der Waals surface area contributed by atoms with Gasteiger partial charge < -0.3 is 19.5 Å². The molecule has 1 amide bonds. The van der Waals surface area contributed by atoms with Gasteiger partial charge in [-0.1, -0.05) is 42.5 Å². The van der Waals surface area contributed by atoms with E-state index in [1.54, 1.807) is 14.2 Å². The minimum absolute atomic E-state index is 0.0752. The van der Waals surface area contributed by atoms with Crippen LogP contribution in [0.3, 0.4) is 0 Å². The molecule has 0 unspecified atom stereocenters. The number of hydrogen-bond donors (Lipinski definition) is 1. The van der Waals surface area contributed by atoms with Crippen molar-refractivity contribution in [3.8, 4) is 11.5 Å². The normalized spacial score (nSPS) is 18.9. The molecule has 1 aliphatic heterocycles. The van der Waals surface area contributed by atoms with Crippen LogP contribution in [0.15, 0.2) is 78.9 Å². The number of rotatable bonds is 8. The lowest BCUT2D eigenvalue weighted by molar-refractivity contribution is -0.131. The van der Waals surface area contributed by atoms with Crippen LogP contribution in [0.4, 0.5) is 5.69 Å². The Morgan fingerprint density at radius 2 is 1.45 bits per heavy atom. The molecule has 3 aromatic carbocycles. The van der Waals surface area contributed by atoms with E-state index in [9.17, 15) is 9.90 Å². The van der Waals surface area contributed by atoms with Gasteiger partial charge in [0.05, 0.1) is 32.3 Å². The van der Waals surface area contributed by atoms with Crippen molar-refractivity contribution in [3.63, 3.8) is 0 Å². The molecule has 0 bridgehead atoms. The number of methoxy groups -OCH3 is 2. The van der Waals surface area contributed by atoms with Gasteiger partial charge in [0.1, 0.15) is 11.5 Å². The summed E-state index contributed by atoms with van der Waals surface area (Å²) in [5.41, 5.74) is 2.77. The Balaban J connectivity index is 1.56. The fourth-order valence-corrected chi connectivity index (χ4v) is 4.22. The number of aliphatic hydroxyl groups excluding tert-OH is 1. The topological polar surface area (TPSA) is 59.0 Å². The highest BCUT2D eigenvalue weighted by molar-refractivity contribution is 6.03. The molecule has 0 aliphatic carbocycles. The highest BCUT2D eigenvalue weighted by Gasteiger charge is 2.48. The van der Waals surface area contributed by atoms with Gasteiger partial charge in [0.25, 0.3) is 0 Å². The largest absolute Gasteiger partial charge is 0.497 e. The van der Waals surface area contributed by atoms with Crippen LogP contribution in [0.25, 0.3) is 0 Å². The smallest absolute Gasteiger partial charge is 0.233 e. The van der Waals surface area contributed by atoms with E-state index in [-0.39, 0.29) is 17.9 Å². The van der Waals surface area contributed by atoms with Crippen LogP contribution in [-0.4, -0.2) is 25.2 Å². The Morgan fingerprint density at radius 1 is 0.871 bits per heavy atom. The second kappa shape index (κ2) is 9.23. The number of ether oxygens (including phenoxy) is 2. The van der Waals surface area contributed by atoms with Gasteiger partial charge in [-0.05, 0) is 60.4 Å². The lowest BCUT2D eigenvalue weighted by Crippen LogP contribution is -2.55. The summed E-state index contributed by atoms with van der Waals surface area (Å²) in [4.78, 5) is 15.0. The Bertz CT molecular complexity index is 1000. The molecule has 0 radical (unpaired) electrons.